The van der Waals surface area contributed by atoms with Crippen molar-refractivity contribution in [2.45, 2.75) is 134 Å². The van der Waals surface area contributed by atoms with E-state index in [0.717, 1.165) is 104 Å². The Bertz CT molecular complexity index is 3080. The lowest BCUT2D eigenvalue weighted by molar-refractivity contribution is -0.131. The van der Waals surface area contributed by atoms with Crippen molar-refractivity contribution >= 4 is 50.1 Å². The summed E-state index contributed by atoms with van der Waals surface area (Å²) in [6, 6.07) is 31.8. The maximum Gasteiger partial charge on any atom is 0.261 e. The highest BCUT2D eigenvalue weighted by Crippen LogP contribution is 2.61. The van der Waals surface area contributed by atoms with Gasteiger partial charge >= 0.3 is 0 Å². The number of methoxy groups -OCH3 is 1. The molecule has 4 amide bonds. The number of unbranched alkanes of at least 4 members (excludes halogenated alkanes) is 1. The summed E-state index contributed by atoms with van der Waals surface area (Å²) in [5.74, 6) is 4.07. The molecule has 8 aliphatic rings. The van der Waals surface area contributed by atoms with E-state index in [4.69, 9.17) is 9.47 Å². The second-order valence-electron chi connectivity index (χ2n) is 25.1. The van der Waals surface area contributed by atoms with Crippen molar-refractivity contribution in [3.63, 3.8) is 0 Å². The highest BCUT2D eigenvalue weighted by Gasteiger charge is 2.50. The highest BCUT2D eigenvalue weighted by molar-refractivity contribution is 7.89. The van der Waals surface area contributed by atoms with Crippen LogP contribution in [0.5, 0.6) is 11.5 Å². The molecule has 4 bridgehead atoms. The lowest BCUT2D eigenvalue weighted by atomic mass is 9.49. The molecular weight excluding hydrogens is 1070 g/mol. The van der Waals surface area contributed by atoms with Gasteiger partial charge in [-0.3, -0.25) is 24.1 Å². The largest absolute Gasteiger partial charge is 0.497 e. The summed E-state index contributed by atoms with van der Waals surface area (Å²) in [6.07, 6.45) is 21.2. The van der Waals surface area contributed by atoms with E-state index in [0.29, 0.717) is 61.1 Å². The minimum Gasteiger partial charge on any atom is -0.497 e. The van der Waals surface area contributed by atoms with Crippen molar-refractivity contribution < 1.29 is 37.1 Å². The molecule has 3 saturated heterocycles. The summed E-state index contributed by atoms with van der Waals surface area (Å²) >= 11 is 0. The molecule has 4 aliphatic carbocycles. The third kappa shape index (κ3) is 15.0. The lowest BCUT2D eigenvalue weighted by Gasteiger charge is -2.57. The van der Waals surface area contributed by atoms with Gasteiger partial charge in [-0.15, -0.1) is 0 Å². The molecule has 13 rings (SSSR count). The fourth-order valence-electron chi connectivity index (χ4n) is 14.9. The van der Waals surface area contributed by atoms with Gasteiger partial charge in [0.05, 0.1) is 18.6 Å². The number of aryl methyl sites for hydroxylation is 2. The van der Waals surface area contributed by atoms with Crippen LogP contribution in [0.25, 0.3) is 10.8 Å². The molecule has 84 heavy (non-hydrogen) atoms. The zero-order valence-electron chi connectivity index (χ0n) is 50.2. The number of carbonyl (C=O) groups excluding carboxylic acids is 4. The molecule has 5 aromatic rings. The Morgan fingerprint density at radius 3 is 1.87 bits per heavy atom. The minimum absolute atomic E-state index is 0.0637. The summed E-state index contributed by atoms with van der Waals surface area (Å²) < 4.78 is 38.2. The Kier molecular flexibility index (Phi) is 20.5. The van der Waals surface area contributed by atoms with Crippen LogP contribution in [0.4, 0.5) is 5.69 Å². The SMILES string of the molecule is COc1ccc(N2CCN(C(=O)CCCN3C(=O)c4cccc5cccc(c45)C3=O)CC2)cc1.Cc1ccc(OCCCCN2CCCCCC2)c(C)c1.O=C(NCCC12CC3CC(CC(C3)C1)C2)c1ccc(S(=O)(=O)N2CCCCC2)cc1. The first-order valence-corrected chi connectivity index (χ1v) is 33.1. The second-order valence-corrected chi connectivity index (χ2v) is 27.1. The van der Waals surface area contributed by atoms with E-state index in [-0.39, 0.29) is 35.1 Å². The molecule has 4 aliphatic heterocycles. The number of sulfonamides is 1. The van der Waals surface area contributed by atoms with Crippen LogP contribution in [0.15, 0.2) is 108 Å². The van der Waals surface area contributed by atoms with E-state index < -0.39 is 10.0 Å². The zero-order valence-corrected chi connectivity index (χ0v) is 51.0. The minimum atomic E-state index is -3.45. The highest BCUT2D eigenvalue weighted by atomic mass is 32.2. The monoisotopic (exact) mass is 1160 g/mol. The summed E-state index contributed by atoms with van der Waals surface area (Å²) in [5, 5.41) is 4.71. The summed E-state index contributed by atoms with van der Waals surface area (Å²) in [4.78, 5) is 59.7. The van der Waals surface area contributed by atoms with Crippen LogP contribution in [0.1, 0.15) is 158 Å². The standard InChI is InChI=1S/C27H27N3O4.C24H34N2O3S.C18H29NO/c1-34-21-12-10-20(11-13-21)28-15-17-29(18-16-28)24(31)9-4-14-30-26(32)22-7-2-5-19-6-3-8-23(25(19)22)27(30)33;27-23(25-9-8-24-15-18-12-19(16-24)14-20(13-18)17-24)21-4-6-22(7-5-21)30(28,29)26-10-2-1-3-11-26;1-16-9-10-18(17(2)15-16)20-14-8-7-13-19-11-5-3-4-6-12-19/h2-3,5-8,10-13H,4,9,14-18H2,1H3;4-7,18-20H,1-3,8-17H2,(H,25,27);9-10,15H,3-8,11-14H2,1-2H3. The molecule has 15 heteroatoms. The van der Waals surface area contributed by atoms with Crippen molar-refractivity contribution in [2.24, 2.45) is 23.2 Å². The molecule has 5 aromatic carbocycles. The van der Waals surface area contributed by atoms with Crippen LogP contribution >= 0.6 is 0 Å². The zero-order chi connectivity index (χ0) is 58.6. The van der Waals surface area contributed by atoms with E-state index in [2.05, 4.69) is 47.2 Å². The van der Waals surface area contributed by atoms with Crippen molar-refractivity contribution in [3.8, 4) is 11.5 Å². The third-order valence-corrected chi connectivity index (χ3v) is 20.9. The number of nitrogens with one attached hydrogen (secondary N) is 1. The van der Waals surface area contributed by atoms with E-state index in [1.807, 2.05) is 53.4 Å². The maximum absolute atomic E-state index is 13.0. The molecule has 0 aromatic heterocycles. The van der Waals surface area contributed by atoms with Crippen molar-refractivity contribution in [2.75, 3.05) is 90.6 Å². The molecule has 4 saturated carbocycles. The number of piperazine rings is 1. The number of benzene rings is 5. The van der Waals surface area contributed by atoms with Gasteiger partial charge in [0.2, 0.25) is 15.9 Å². The average molecular weight is 1160 g/mol. The number of hydrogen-bond donors (Lipinski definition) is 1. The fourth-order valence-corrected chi connectivity index (χ4v) is 16.5. The third-order valence-electron chi connectivity index (χ3n) is 19.0. The van der Waals surface area contributed by atoms with Crippen LogP contribution < -0.4 is 19.7 Å². The van der Waals surface area contributed by atoms with E-state index in [1.165, 1.54) is 106 Å². The molecular formula is C69H90N6O8S. The van der Waals surface area contributed by atoms with E-state index in [9.17, 15) is 27.6 Å². The van der Waals surface area contributed by atoms with Gasteiger partial charge in [-0.25, -0.2) is 8.42 Å². The molecule has 0 spiro atoms. The van der Waals surface area contributed by atoms with Crippen molar-refractivity contribution in [1.82, 2.24) is 24.3 Å². The molecule has 0 atom stereocenters. The van der Waals surface area contributed by atoms with Crippen molar-refractivity contribution in [1.29, 1.82) is 0 Å². The quantitative estimate of drug-likeness (QED) is 0.0664. The van der Waals surface area contributed by atoms with Gasteiger partial charge in [0.15, 0.2) is 0 Å². The van der Waals surface area contributed by atoms with Crippen LogP contribution in [-0.2, 0) is 14.8 Å². The predicted molar refractivity (Wildman–Crippen MR) is 332 cm³/mol. The molecule has 1 N–H and O–H groups in total. The van der Waals surface area contributed by atoms with Crippen LogP contribution in [0, 0.1) is 37.0 Å². The van der Waals surface area contributed by atoms with Crippen molar-refractivity contribution in [3.05, 3.63) is 131 Å². The Balaban J connectivity index is 0.000000145. The number of amides is 4. The lowest BCUT2D eigenvalue weighted by Crippen LogP contribution is -2.49. The van der Waals surface area contributed by atoms with E-state index >= 15 is 0 Å². The molecule has 450 valence electrons. The molecule has 7 fully saturated rings. The van der Waals surface area contributed by atoms with Crippen LogP contribution in [0.3, 0.4) is 0 Å². The summed E-state index contributed by atoms with van der Waals surface area (Å²) in [5.41, 5.74) is 5.77. The number of ether oxygens (including phenoxy) is 2. The normalized spacial score (nSPS) is 22.4. The number of piperidine rings is 1. The Morgan fingerprint density at radius 1 is 0.655 bits per heavy atom. The number of rotatable bonds is 18. The molecule has 14 nitrogen and oxygen atoms in total. The Hall–Kier alpha value is -6.29. The first-order valence-electron chi connectivity index (χ1n) is 31.6. The fraction of sp³-hybridized carbons (Fsp3) is 0.536. The number of anilines is 1. The maximum atomic E-state index is 13.0. The first-order chi connectivity index (χ1) is 40.8. The molecule has 0 radical (unpaired) electrons. The average Bonchev–Trinajstić information content (AvgIpc) is 1.87. The van der Waals surface area contributed by atoms with Crippen LogP contribution in [-0.4, -0.2) is 137 Å². The van der Waals surface area contributed by atoms with Gasteiger partial charge in [0, 0.05) is 86.5 Å². The topological polar surface area (TPSA) is 149 Å². The van der Waals surface area contributed by atoms with Crippen LogP contribution in [0.2, 0.25) is 0 Å². The number of nitrogens with zero attached hydrogens (tertiary/aromatic N) is 5. The predicted octanol–water partition coefficient (Wildman–Crippen LogP) is 12.1. The van der Waals surface area contributed by atoms with Gasteiger partial charge < -0.3 is 29.5 Å². The van der Waals surface area contributed by atoms with Gasteiger partial charge in [0.1, 0.15) is 11.5 Å². The first kappa shape index (κ1) is 60.8. The number of imide groups is 1. The molecule has 4 heterocycles. The smallest absolute Gasteiger partial charge is 0.261 e. The number of hydrogen-bond acceptors (Lipinski definition) is 10. The summed E-state index contributed by atoms with van der Waals surface area (Å²) in [7, 11) is -1.80. The number of carbonyl (C=O) groups is 4. The van der Waals surface area contributed by atoms with Gasteiger partial charge in [0.25, 0.3) is 17.7 Å². The second kappa shape index (κ2) is 28.3. The Labute approximate surface area is 499 Å². The Morgan fingerprint density at radius 2 is 1.26 bits per heavy atom. The summed E-state index contributed by atoms with van der Waals surface area (Å²) in [6.45, 7) is 13.9. The van der Waals surface area contributed by atoms with Gasteiger partial charge in [-0.2, -0.15) is 4.31 Å². The number of likely N-dealkylation sites (tertiary alicyclic amines) is 1. The molecule has 0 unspecified atom stereocenters. The van der Waals surface area contributed by atoms with Gasteiger partial charge in [-0.1, -0.05) is 61.2 Å². The van der Waals surface area contributed by atoms with E-state index in [1.54, 1.807) is 47.8 Å². The van der Waals surface area contributed by atoms with Gasteiger partial charge in [-0.05, 0) is 224 Å².